The zero-order valence-corrected chi connectivity index (χ0v) is 12.6. The van der Waals surface area contributed by atoms with Crippen LogP contribution < -0.4 is 10.1 Å². The lowest BCUT2D eigenvalue weighted by molar-refractivity contribution is -0.150. The van der Waals surface area contributed by atoms with E-state index in [0.29, 0.717) is 18.9 Å². The maximum Gasteiger partial charge on any atom is 0.344 e. The second-order valence-corrected chi connectivity index (χ2v) is 4.49. The van der Waals surface area contributed by atoms with Gasteiger partial charge in [0.05, 0.1) is 6.61 Å². The van der Waals surface area contributed by atoms with Gasteiger partial charge >= 0.3 is 5.97 Å². The molecular formula is C15H21NO5. The van der Waals surface area contributed by atoms with Crippen LogP contribution in [0.4, 0.5) is 0 Å². The van der Waals surface area contributed by atoms with Gasteiger partial charge in [0.1, 0.15) is 5.75 Å². The fourth-order valence-corrected chi connectivity index (χ4v) is 1.55. The summed E-state index contributed by atoms with van der Waals surface area (Å²) in [4.78, 5) is 22.8. The molecule has 0 aliphatic heterocycles. The molecule has 6 heteroatoms. The molecule has 0 aliphatic rings. The molecule has 0 fully saturated rings. The van der Waals surface area contributed by atoms with E-state index in [4.69, 9.17) is 14.2 Å². The summed E-state index contributed by atoms with van der Waals surface area (Å²) in [6, 6.07) is 5.60. The van der Waals surface area contributed by atoms with Crippen LogP contribution in [0.25, 0.3) is 0 Å². The lowest BCUT2D eigenvalue weighted by Gasteiger charge is -2.10. The Morgan fingerprint density at radius 2 is 1.95 bits per heavy atom. The number of hydrogen-bond acceptors (Lipinski definition) is 5. The molecule has 1 amide bonds. The highest BCUT2D eigenvalue weighted by molar-refractivity contribution is 5.80. The van der Waals surface area contributed by atoms with Gasteiger partial charge in [-0.1, -0.05) is 12.1 Å². The van der Waals surface area contributed by atoms with Crippen LogP contribution in [0.5, 0.6) is 5.75 Å². The molecule has 1 rings (SSSR count). The minimum atomic E-state index is -0.585. The summed E-state index contributed by atoms with van der Waals surface area (Å²) in [5, 5.41) is 2.55. The average molecular weight is 295 g/mol. The Morgan fingerprint density at radius 1 is 1.19 bits per heavy atom. The Balaban J connectivity index is 2.28. The van der Waals surface area contributed by atoms with Crippen molar-refractivity contribution in [1.29, 1.82) is 0 Å². The number of methoxy groups -OCH3 is 1. The van der Waals surface area contributed by atoms with Gasteiger partial charge in [-0.25, -0.2) is 4.79 Å². The van der Waals surface area contributed by atoms with Crippen LogP contribution in [0.1, 0.15) is 11.1 Å². The first-order chi connectivity index (χ1) is 10.0. The summed E-state index contributed by atoms with van der Waals surface area (Å²) in [6.07, 6.45) is 0. The lowest BCUT2D eigenvalue weighted by atomic mass is 10.1. The molecule has 0 aliphatic carbocycles. The van der Waals surface area contributed by atoms with E-state index in [1.165, 1.54) is 7.11 Å². The third-order valence-electron chi connectivity index (χ3n) is 2.89. The highest BCUT2D eigenvalue weighted by Crippen LogP contribution is 2.20. The van der Waals surface area contributed by atoms with Crippen molar-refractivity contribution in [2.75, 3.05) is 33.5 Å². The zero-order chi connectivity index (χ0) is 15.7. The number of carbonyl (C=O) groups excluding carboxylic acids is 2. The minimum absolute atomic E-state index is 0.227. The number of amides is 1. The van der Waals surface area contributed by atoms with E-state index in [9.17, 15) is 9.59 Å². The van der Waals surface area contributed by atoms with Crippen molar-refractivity contribution in [2.45, 2.75) is 13.8 Å². The summed E-state index contributed by atoms with van der Waals surface area (Å²) in [5.41, 5.74) is 2.06. The van der Waals surface area contributed by atoms with Crippen molar-refractivity contribution in [3.05, 3.63) is 29.3 Å². The number of aryl methyl sites for hydroxylation is 1. The Kier molecular flexibility index (Phi) is 7.25. The number of rotatable bonds is 8. The van der Waals surface area contributed by atoms with Crippen LogP contribution in [-0.4, -0.2) is 45.4 Å². The van der Waals surface area contributed by atoms with Crippen molar-refractivity contribution in [1.82, 2.24) is 5.32 Å². The van der Waals surface area contributed by atoms with Crippen molar-refractivity contribution in [3.63, 3.8) is 0 Å². The monoisotopic (exact) mass is 295 g/mol. The molecule has 0 atom stereocenters. The minimum Gasteiger partial charge on any atom is -0.482 e. The number of ether oxygens (including phenoxy) is 3. The second kappa shape index (κ2) is 8.97. The van der Waals surface area contributed by atoms with Gasteiger partial charge in [-0.15, -0.1) is 0 Å². The molecular weight excluding hydrogens is 274 g/mol. The molecule has 1 N–H and O–H groups in total. The van der Waals surface area contributed by atoms with Crippen molar-refractivity contribution < 1.29 is 23.8 Å². The normalized spacial score (nSPS) is 10.0. The van der Waals surface area contributed by atoms with Gasteiger partial charge in [0.25, 0.3) is 5.91 Å². The number of esters is 1. The van der Waals surface area contributed by atoms with Crippen LogP contribution in [0.15, 0.2) is 18.2 Å². The molecule has 0 aromatic heterocycles. The smallest absolute Gasteiger partial charge is 0.344 e. The van der Waals surface area contributed by atoms with E-state index < -0.39 is 5.97 Å². The van der Waals surface area contributed by atoms with E-state index in [-0.39, 0.29) is 19.1 Å². The maximum atomic E-state index is 11.5. The quantitative estimate of drug-likeness (QED) is 0.572. The van der Waals surface area contributed by atoms with Crippen LogP contribution >= 0.6 is 0 Å². The largest absolute Gasteiger partial charge is 0.482 e. The number of hydrogen-bond donors (Lipinski definition) is 1. The zero-order valence-electron chi connectivity index (χ0n) is 12.6. The second-order valence-electron chi connectivity index (χ2n) is 4.49. The SMILES string of the molecule is COCCNC(=O)COC(=O)COc1cccc(C)c1C. The predicted octanol–water partition coefficient (Wildman–Crippen LogP) is 0.988. The lowest BCUT2D eigenvalue weighted by Crippen LogP contribution is -2.32. The molecule has 0 spiro atoms. The van der Waals surface area contributed by atoms with Crippen LogP contribution in [-0.2, 0) is 19.1 Å². The first-order valence-electron chi connectivity index (χ1n) is 6.65. The van der Waals surface area contributed by atoms with Crippen molar-refractivity contribution in [2.24, 2.45) is 0 Å². The summed E-state index contributed by atoms with van der Waals surface area (Å²) >= 11 is 0. The van der Waals surface area contributed by atoms with Gasteiger partial charge in [0, 0.05) is 13.7 Å². The van der Waals surface area contributed by atoms with Gasteiger partial charge in [-0.05, 0) is 31.0 Å². The molecule has 0 saturated carbocycles. The Morgan fingerprint density at radius 3 is 2.67 bits per heavy atom. The number of carbonyl (C=O) groups is 2. The third-order valence-corrected chi connectivity index (χ3v) is 2.89. The van der Waals surface area contributed by atoms with E-state index in [1.807, 2.05) is 26.0 Å². The van der Waals surface area contributed by atoms with Crippen LogP contribution in [0.2, 0.25) is 0 Å². The summed E-state index contributed by atoms with van der Waals surface area (Å²) in [6.45, 7) is 4.12. The Bertz CT molecular complexity index is 487. The molecule has 21 heavy (non-hydrogen) atoms. The molecule has 6 nitrogen and oxygen atoms in total. The molecule has 116 valence electrons. The number of nitrogens with one attached hydrogen (secondary N) is 1. The topological polar surface area (TPSA) is 73.9 Å². The molecule has 1 aromatic carbocycles. The predicted molar refractivity (Wildman–Crippen MR) is 77.3 cm³/mol. The molecule has 0 bridgehead atoms. The molecule has 0 heterocycles. The van der Waals surface area contributed by atoms with E-state index in [2.05, 4.69) is 5.32 Å². The average Bonchev–Trinajstić information content (AvgIpc) is 2.47. The maximum absolute atomic E-state index is 11.5. The first kappa shape index (κ1) is 17.0. The van der Waals surface area contributed by atoms with Crippen molar-refractivity contribution >= 4 is 11.9 Å². The number of benzene rings is 1. The van der Waals surface area contributed by atoms with Gasteiger partial charge < -0.3 is 19.5 Å². The molecule has 0 unspecified atom stereocenters. The first-order valence-corrected chi connectivity index (χ1v) is 6.65. The molecule has 0 radical (unpaired) electrons. The van der Waals surface area contributed by atoms with Gasteiger partial charge in [0.2, 0.25) is 0 Å². The fraction of sp³-hybridized carbons (Fsp3) is 0.467. The molecule has 1 aromatic rings. The van der Waals surface area contributed by atoms with Gasteiger partial charge in [-0.2, -0.15) is 0 Å². The third kappa shape index (κ3) is 6.27. The van der Waals surface area contributed by atoms with Gasteiger partial charge in [-0.3, -0.25) is 4.79 Å². The fourth-order valence-electron chi connectivity index (χ4n) is 1.55. The Hall–Kier alpha value is -2.08. The Labute approximate surface area is 124 Å². The van der Waals surface area contributed by atoms with Crippen LogP contribution in [0, 0.1) is 13.8 Å². The highest BCUT2D eigenvalue weighted by Gasteiger charge is 2.09. The van der Waals surface area contributed by atoms with Crippen molar-refractivity contribution in [3.8, 4) is 5.75 Å². The van der Waals surface area contributed by atoms with E-state index >= 15 is 0 Å². The highest BCUT2D eigenvalue weighted by atomic mass is 16.6. The molecule has 0 saturated heterocycles. The summed E-state index contributed by atoms with van der Waals surface area (Å²) < 4.78 is 15.0. The van der Waals surface area contributed by atoms with Crippen LogP contribution in [0.3, 0.4) is 0 Å². The van der Waals surface area contributed by atoms with E-state index in [0.717, 1.165) is 11.1 Å². The van der Waals surface area contributed by atoms with E-state index in [1.54, 1.807) is 6.07 Å². The van der Waals surface area contributed by atoms with Gasteiger partial charge in [0.15, 0.2) is 13.2 Å². The summed E-state index contributed by atoms with van der Waals surface area (Å²) in [5.74, 6) is -0.318. The summed E-state index contributed by atoms with van der Waals surface area (Å²) in [7, 11) is 1.54. The standard InChI is InChI=1S/C15H21NO5/c1-11-5-4-6-13(12(11)2)20-10-15(18)21-9-14(17)16-7-8-19-3/h4-6H,7-10H2,1-3H3,(H,16,17).